The van der Waals surface area contributed by atoms with Gasteiger partial charge in [-0.05, 0) is 50.4 Å². The zero-order chi connectivity index (χ0) is 12.3. The maximum absolute atomic E-state index is 11.5. The van der Waals surface area contributed by atoms with Crippen LogP contribution in [0.4, 0.5) is 0 Å². The maximum Gasteiger partial charge on any atom is 0.136 e. The SMILES string of the molecule is CC1CC(C)CC(OCCC2CCCC2=O)C1. The van der Waals surface area contributed by atoms with Crippen LogP contribution >= 0.6 is 0 Å². The van der Waals surface area contributed by atoms with E-state index in [1.54, 1.807) is 0 Å². The summed E-state index contributed by atoms with van der Waals surface area (Å²) in [5.74, 6) is 2.39. The molecular formula is C15H26O2. The molecule has 2 aliphatic carbocycles. The number of carbonyl (C=O) groups excluding carboxylic acids is 1. The van der Waals surface area contributed by atoms with Crippen LogP contribution < -0.4 is 0 Å². The fourth-order valence-electron chi connectivity index (χ4n) is 3.58. The highest BCUT2D eigenvalue weighted by molar-refractivity contribution is 5.82. The molecule has 2 nitrogen and oxygen atoms in total. The fourth-order valence-corrected chi connectivity index (χ4v) is 3.58. The third kappa shape index (κ3) is 3.80. The van der Waals surface area contributed by atoms with Gasteiger partial charge >= 0.3 is 0 Å². The van der Waals surface area contributed by atoms with Crippen molar-refractivity contribution in [2.24, 2.45) is 17.8 Å². The van der Waals surface area contributed by atoms with Gasteiger partial charge in [0.2, 0.25) is 0 Å². The lowest BCUT2D eigenvalue weighted by molar-refractivity contribution is -0.121. The Bertz CT molecular complexity index is 252. The standard InChI is InChI=1S/C15H26O2/c1-11-8-12(2)10-14(9-11)17-7-6-13-4-3-5-15(13)16/h11-14H,3-10H2,1-2H3. The van der Waals surface area contributed by atoms with Crippen molar-refractivity contribution in [3.05, 3.63) is 0 Å². The van der Waals surface area contributed by atoms with Crippen molar-refractivity contribution >= 4 is 5.78 Å². The summed E-state index contributed by atoms with van der Waals surface area (Å²) in [5.41, 5.74) is 0. The van der Waals surface area contributed by atoms with Gasteiger partial charge in [-0.3, -0.25) is 4.79 Å². The highest BCUT2D eigenvalue weighted by Gasteiger charge is 2.26. The molecule has 17 heavy (non-hydrogen) atoms. The Morgan fingerprint density at radius 2 is 1.88 bits per heavy atom. The van der Waals surface area contributed by atoms with Gasteiger partial charge < -0.3 is 4.74 Å². The molecule has 2 saturated carbocycles. The van der Waals surface area contributed by atoms with Gasteiger partial charge in [0.1, 0.15) is 5.78 Å². The zero-order valence-corrected chi connectivity index (χ0v) is 11.3. The van der Waals surface area contributed by atoms with Crippen molar-refractivity contribution in [1.82, 2.24) is 0 Å². The predicted molar refractivity (Wildman–Crippen MR) is 68.9 cm³/mol. The van der Waals surface area contributed by atoms with Crippen molar-refractivity contribution in [1.29, 1.82) is 0 Å². The average Bonchev–Trinajstić information content (AvgIpc) is 2.63. The summed E-state index contributed by atoms with van der Waals surface area (Å²) in [4.78, 5) is 11.5. The van der Waals surface area contributed by atoms with Gasteiger partial charge in [0.05, 0.1) is 6.10 Å². The minimum absolute atomic E-state index is 0.313. The second-order valence-electron chi connectivity index (χ2n) is 6.25. The van der Waals surface area contributed by atoms with Crippen LogP contribution in [0.15, 0.2) is 0 Å². The molecule has 2 fully saturated rings. The highest BCUT2D eigenvalue weighted by Crippen LogP contribution is 2.31. The van der Waals surface area contributed by atoms with E-state index in [4.69, 9.17) is 4.74 Å². The first-order chi connectivity index (χ1) is 8.15. The molecule has 0 aromatic carbocycles. The number of ether oxygens (including phenoxy) is 1. The van der Waals surface area contributed by atoms with Crippen molar-refractivity contribution in [2.45, 2.75) is 64.9 Å². The summed E-state index contributed by atoms with van der Waals surface area (Å²) in [6.07, 6.45) is 8.18. The Balaban J connectivity index is 1.66. The van der Waals surface area contributed by atoms with Crippen LogP contribution in [0.25, 0.3) is 0 Å². The van der Waals surface area contributed by atoms with Crippen LogP contribution in [0, 0.1) is 17.8 Å². The molecule has 0 radical (unpaired) electrons. The van der Waals surface area contributed by atoms with E-state index >= 15 is 0 Å². The Morgan fingerprint density at radius 1 is 1.18 bits per heavy atom. The minimum Gasteiger partial charge on any atom is -0.378 e. The molecule has 3 atom stereocenters. The fraction of sp³-hybridized carbons (Fsp3) is 0.933. The van der Waals surface area contributed by atoms with Crippen molar-refractivity contribution in [3.8, 4) is 0 Å². The molecule has 0 aromatic heterocycles. The second-order valence-corrected chi connectivity index (χ2v) is 6.25. The van der Waals surface area contributed by atoms with Gasteiger partial charge in [-0.15, -0.1) is 0 Å². The number of Topliss-reactive ketones (excluding diaryl/α,β-unsaturated/α-hetero) is 1. The first-order valence-electron chi connectivity index (χ1n) is 7.29. The minimum atomic E-state index is 0.313. The van der Waals surface area contributed by atoms with E-state index in [0.29, 0.717) is 17.8 Å². The van der Waals surface area contributed by atoms with Crippen LogP contribution in [-0.2, 0) is 9.53 Å². The molecular weight excluding hydrogens is 212 g/mol. The molecule has 0 spiro atoms. The van der Waals surface area contributed by atoms with Crippen molar-refractivity contribution < 1.29 is 9.53 Å². The summed E-state index contributed by atoms with van der Waals surface area (Å²) >= 11 is 0. The van der Waals surface area contributed by atoms with E-state index in [-0.39, 0.29) is 0 Å². The van der Waals surface area contributed by atoms with E-state index in [0.717, 1.165) is 44.1 Å². The third-order valence-corrected chi connectivity index (χ3v) is 4.39. The largest absolute Gasteiger partial charge is 0.378 e. The summed E-state index contributed by atoms with van der Waals surface area (Å²) in [7, 11) is 0. The molecule has 0 bridgehead atoms. The van der Waals surface area contributed by atoms with E-state index in [9.17, 15) is 4.79 Å². The Labute approximate surface area is 105 Å². The Hall–Kier alpha value is -0.370. The number of hydrogen-bond acceptors (Lipinski definition) is 2. The van der Waals surface area contributed by atoms with Crippen LogP contribution in [0.3, 0.4) is 0 Å². The van der Waals surface area contributed by atoms with Gasteiger partial charge in [-0.2, -0.15) is 0 Å². The second kappa shape index (κ2) is 5.99. The lowest BCUT2D eigenvalue weighted by atomic mass is 9.82. The highest BCUT2D eigenvalue weighted by atomic mass is 16.5. The smallest absolute Gasteiger partial charge is 0.136 e. The number of ketones is 1. The van der Waals surface area contributed by atoms with E-state index < -0.39 is 0 Å². The molecule has 2 heteroatoms. The molecule has 0 amide bonds. The van der Waals surface area contributed by atoms with E-state index in [1.165, 1.54) is 19.3 Å². The predicted octanol–water partition coefficient (Wildman–Crippen LogP) is 3.59. The van der Waals surface area contributed by atoms with Gasteiger partial charge in [0, 0.05) is 18.9 Å². The van der Waals surface area contributed by atoms with Gasteiger partial charge in [-0.1, -0.05) is 13.8 Å². The molecule has 2 aliphatic rings. The molecule has 98 valence electrons. The van der Waals surface area contributed by atoms with Gasteiger partial charge in [-0.25, -0.2) is 0 Å². The molecule has 0 saturated heterocycles. The summed E-state index contributed by atoms with van der Waals surface area (Å²) < 4.78 is 5.98. The first kappa shape index (κ1) is 13.1. The number of rotatable bonds is 4. The van der Waals surface area contributed by atoms with Crippen molar-refractivity contribution in [2.75, 3.05) is 6.61 Å². The quantitative estimate of drug-likeness (QED) is 0.748. The van der Waals surface area contributed by atoms with Crippen LogP contribution in [0.5, 0.6) is 0 Å². The lowest BCUT2D eigenvalue weighted by Crippen LogP contribution is -2.27. The first-order valence-corrected chi connectivity index (χ1v) is 7.29. The lowest BCUT2D eigenvalue weighted by Gasteiger charge is -2.31. The monoisotopic (exact) mass is 238 g/mol. The maximum atomic E-state index is 11.5. The normalized spacial score (nSPS) is 38.6. The van der Waals surface area contributed by atoms with Crippen LogP contribution in [0.2, 0.25) is 0 Å². The molecule has 3 unspecified atom stereocenters. The number of carbonyl (C=O) groups is 1. The molecule has 0 heterocycles. The van der Waals surface area contributed by atoms with Gasteiger partial charge in [0.15, 0.2) is 0 Å². The Morgan fingerprint density at radius 3 is 2.47 bits per heavy atom. The molecule has 2 rings (SSSR count). The van der Waals surface area contributed by atoms with Crippen molar-refractivity contribution in [3.63, 3.8) is 0 Å². The van der Waals surface area contributed by atoms with Crippen LogP contribution in [-0.4, -0.2) is 18.5 Å². The third-order valence-electron chi connectivity index (χ3n) is 4.39. The van der Waals surface area contributed by atoms with Crippen LogP contribution in [0.1, 0.15) is 58.8 Å². The van der Waals surface area contributed by atoms with E-state index in [1.807, 2.05) is 0 Å². The molecule has 0 aliphatic heterocycles. The molecule has 0 N–H and O–H groups in total. The van der Waals surface area contributed by atoms with E-state index in [2.05, 4.69) is 13.8 Å². The summed E-state index contributed by atoms with van der Waals surface area (Å²) in [6, 6.07) is 0. The summed E-state index contributed by atoms with van der Waals surface area (Å²) in [5, 5.41) is 0. The summed E-state index contributed by atoms with van der Waals surface area (Å²) in [6.45, 7) is 5.44. The number of hydrogen-bond donors (Lipinski definition) is 0. The Kier molecular flexibility index (Phi) is 4.61. The average molecular weight is 238 g/mol. The van der Waals surface area contributed by atoms with Gasteiger partial charge in [0.25, 0.3) is 0 Å². The molecule has 0 aromatic rings. The topological polar surface area (TPSA) is 26.3 Å². The zero-order valence-electron chi connectivity index (χ0n) is 11.3.